The van der Waals surface area contributed by atoms with E-state index in [2.05, 4.69) is 9.97 Å². The highest BCUT2D eigenvalue weighted by Gasteiger charge is 2.47. The zero-order chi connectivity index (χ0) is 19.8. The van der Waals surface area contributed by atoms with Gasteiger partial charge in [0, 0.05) is 37.5 Å². The van der Waals surface area contributed by atoms with Crippen LogP contribution in [0.2, 0.25) is 0 Å². The first-order chi connectivity index (χ1) is 12.6. The number of piperidine rings is 1. The summed E-state index contributed by atoms with van der Waals surface area (Å²) in [5.41, 5.74) is -6.10. The van der Waals surface area contributed by atoms with E-state index < -0.39 is 30.9 Å². The summed E-state index contributed by atoms with van der Waals surface area (Å²) in [5, 5.41) is 11.3. The maximum Gasteiger partial charge on any atom is 0.501 e. The fourth-order valence-electron chi connectivity index (χ4n) is 3.11. The van der Waals surface area contributed by atoms with Crippen molar-refractivity contribution in [3.05, 3.63) is 46.5 Å². The summed E-state index contributed by atoms with van der Waals surface area (Å²) in [6.45, 7) is 0.856. The van der Waals surface area contributed by atoms with Gasteiger partial charge in [-0.15, -0.1) is 0 Å². The van der Waals surface area contributed by atoms with Crippen molar-refractivity contribution in [2.75, 3.05) is 18.0 Å². The lowest BCUT2D eigenvalue weighted by Gasteiger charge is -2.32. The SMILES string of the molecule is O=[N+]([O-])c1cc(S(=O)(=O)C(F)(F)F)ccc1N1CCC(c2ncc[nH]2)CC1. The third kappa shape index (κ3) is 3.61. The van der Waals surface area contributed by atoms with Gasteiger partial charge in [-0.05, 0) is 25.0 Å². The van der Waals surface area contributed by atoms with Crippen LogP contribution in [0.3, 0.4) is 0 Å². The molecule has 2 aromatic rings. The van der Waals surface area contributed by atoms with E-state index in [1.165, 1.54) is 0 Å². The summed E-state index contributed by atoms with van der Waals surface area (Å²) in [5.74, 6) is 0.968. The molecule has 2 heterocycles. The second-order valence-corrected chi connectivity index (χ2v) is 8.03. The number of halogens is 3. The van der Waals surface area contributed by atoms with Gasteiger partial charge in [0.05, 0.1) is 9.82 Å². The molecular formula is C15H15F3N4O4S. The highest BCUT2D eigenvalue weighted by Crippen LogP contribution is 2.38. The summed E-state index contributed by atoms with van der Waals surface area (Å²) < 4.78 is 61.2. The molecule has 0 amide bonds. The van der Waals surface area contributed by atoms with Gasteiger partial charge in [-0.3, -0.25) is 10.1 Å². The van der Waals surface area contributed by atoms with Gasteiger partial charge in [0.25, 0.3) is 15.5 Å². The monoisotopic (exact) mass is 404 g/mol. The van der Waals surface area contributed by atoms with Crippen LogP contribution in [0.4, 0.5) is 24.5 Å². The Morgan fingerprint density at radius 3 is 2.44 bits per heavy atom. The lowest BCUT2D eigenvalue weighted by Crippen LogP contribution is -2.33. The van der Waals surface area contributed by atoms with E-state index in [9.17, 15) is 31.7 Å². The van der Waals surface area contributed by atoms with Gasteiger partial charge < -0.3 is 9.88 Å². The molecule has 0 unspecified atom stereocenters. The Morgan fingerprint density at radius 2 is 1.93 bits per heavy atom. The van der Waals surface area contributed by atoms with Crippen LogP contribution in [0.25, 0.3) is 0 Å². The number of imidazole rings is 1. The molecule has 27 heavy (non-hydrogen) atoms. The van der Waals surface area contributed by atoms with Gasteiger partial charge in [0.1, 0.15) is 11.5 Å². The van der Waals surface area contributed by atoms with Crippen molar-refractivity contribution in [2.24, 2.45) is 0 Å². The molecule has 1 aromatic heterocycles. The molecule has 0 saturated carbocycles. The molecule has 3 rings (SSSR count). The molecule has 1 aromatic carbocycles. The minimum atomic E-state index is -5.65. The number of hydrogen-bond donors (Lipinski definition) is 1. The van der Waals surface area contributed by atoms with Crippen molar-refractivity contribution >= 4 is 21.2 Å². The second-order valence-electron chi connectivity index (χ2n) is 6.09. The first-order valence-electron chi connectivity index (χ1n) is 7.95. The molecule has 1 saturated heterocycles. The molecule has 1 fully saturated rings. The van der Waals surface area contributed by atoms with E-state index in [4.69, 9.17) is 0 Å². The van der Waals surface area contributed by atoms with Crippen LogP contribution < -0.4 is 4.90 Å². The van der Waals surface area contributed by atoms with Crippen LogP contribution in [-0.4, -0.2) is 41.9 Å². The van der Waals surface area contributed by atoms with Crippen molar-refractivity contribution < 1.29 is 26.5 Å². The smallest absolute Gasteiger partial charge is 0.366 e. The van der Waals surface area contributed by atoms with Gasteiger partial charge in [0.2, 0.25) is 0 Å². The molecule has 0 radical (unpaired) electrons. The van der Waals surface area contributed by atoms with Gasteiger partial charge in [-0.1, -0.05) is 0 Å². The Morgan fingerprint density at radius 1 is 1.26 bits per heavy atom. The first kappa shape index (κ1) is 19.1. The molecule has 12 heteroatoms. The number of alkyl halides is 3. The second kappa shape index (κ2) is 6.83. The number of H-pyrrole nitrogens is 1. The summed E-state index contributed by atoms with van der Waals surface area (Å²) in [6.07, 6.45) is 4.62. The van der Waals surface area contributed by atoms with Crippen LogP contribution in [0.1, 0.15) is 24.6 Å². The van der Waals surface area contributed by atoms with Crippen molar-refractivity contribution in [3.63, 3.8) is 0 Å². The van der Waals surface area contributed by atoms with E-state index in [0.717, 1.165) is 18.0 Å². The summed E-state index contributed by atoms with van der Waals surface area (Å²) in [7, 11) is -5.65. The number of sulfone groups is 1. The molecule has 1 aliphatic rings. The molecule has 1 N–H and O–H groups in total. The summed E-state index contributed by atoms with van der Waals surface area (Å²) in [4.78, 5) is 18.2. The minimum absolute atomic E-state index is 0.0963. The van der Waals surface area contributed by atoms with E-state index >= 15 is 0 Å². The average Bonchev–Trinajstić information content (AvgIpc) is 3.15. The number of hydrogen-bond acceptors (Lipinski definition) is 6. The number of anilines is 1. The highest BCUT2D eigenvalue weighted by molar-refractivity contribution is 7.92. The number of nitrogens with one attached hydrogen (secondary N) is 1. The number of nitrogens with zero attached hydrogens (tertiary/aromatic N) is 3. The van der Waals surface area contributed by atoms with Crippen molar-refractivity contribution in [1.82, 2.24) is 9.97 Å². The third-order valence-corrected chi connectivity index (χ3v) is 5.98. The van der Waals surface area contributed by atoms with Crippen LogP contribution in [0, 0.1) is 10.1 Å². The van der Waals surface area contributed by atoms with E-state index in [0.29, 0.717) is 32.0 Å². The zero-order valence-corrected chi connectivity index (χ0v) is 14.6. The Labute approximate surface area is 152 Å². The summed E-state index contributed by atoms with van der Waals surface area (Å²) >= 11 is 0. The zero-order valence-electron chi connectivity index (χ0n) is 13.8. The predicted octanol–water partition coefficient (Wildman–Crippen LogP) is 3.00. The molecule has 0 bridgehead atoms. The maximum absolute atomic E-state index is 12.7. The number of rotatable bonds is 4. The molecule has 0 spiro atoms. The normalized spacial score (nSPS) is 16.5. The number of aromatic amines is 1. The molecule has 1 aliphatic heterocycles. The molecule has 0 atom stereocenters. The van der Waals surface area contributed by atoms with Gasteiger partial charge in [0.15, 0.2) is 0 Å². The lowest BCUT2D eigenvalue weighted by atomic mass is 9.95. The van der Waals surface area contributed by atoms with Gasteiger partial charge in [-0.25, -0.2) is 13.4 Å². The predicted molar refractivity (Wildman–Crippen MR) is 89.1 cm³/mol. The number of nitro groups is 1. The van der Waals surface area contributed by atoms with Gasteiger partial charge >= 0.3 is 5.51 Å². The van der Waals surface area contributed by atoms with Crippen molar-refractivity contribution in [2.45, 2.75) is 29.2 Å². The average molecular weight is 404 g/mol. The Kier molecular flexibility index (Phi) is 4.84. The highest BCUT2D eigenvalue weighted by atomic mass is 32.2. The van der Waals surface area contributed by atoms with Crippen LogP contribution >= 0.6 is 0 Å². The number of aromatic nitrogens is 2. The molecule has 0 aliphatic carbocycles. The van der Waals surface area contributed by atoms with Crippen molar-refractivity contribution in [3.8, 4) is 0 Å². The quantitative estimate of drug-likeness (QED) is 0.620. The van der Waals surface area contributed by atoms with E-state index in [1.807, 2.05) is 0 Å². The number of nitro benzene ring substituents is 1. The minimum Gasteiger partial charge on any atom is -0.366 e. The molecule has 8 nitrogen and oxygen atoms in total. The van der Waals surface area contributed by atoms with Crippen LogP contribution in [0.15, 0.2) is 35.5 Å². The first-order valence-corrected chi connectivity index (χ1v) is 9.43. The maximum atomic E-state index is 12.7. The standard InChI is InChI=1S/C15H15F3N4O4S/c16-15(17,18)27(25,26)11-1-2-12(13(9-11)22(23)24)21-7-3-10(4-8-21)14-19-5-6-20-14/h1-2,5-6,9-10H,3-4,7-8H2,(H,19,20). The van der Waals surface area contributed by atoms with Gasteiger partial charge in [-0.2, -0.15) is 13.2 Å². The lowest BCUT2D eigenvalue weighted by molar-refractivity contribution is -0.384. The Hall–Kier alpha value is -2.63. The fraction of sp³-hybridized carbons (Fsp3) is 0.400. The fourth-order valence-corrected chi connectivity index (χ4v) is 3.89. The van der Waals surface area contributed by atoms with E-state index in [1.54, 1.807) is 17.3 Å². The molecular weight excluding hydrogens is 389 g/mol. The Balaban J connectivity index is 1.87. The van der Waals surface area contributed by atoms with E-state index in [-0.39, 0.29) is 11.6 Å². The largest absolute Gasteiger partial charge is 0.501 e. The number of benzene rings is 1. The summed E-state index contributed by atoms with van der Waals surface area (Å²) in [6, 6.07) is 2.28. The third-order valence-electron chi connectivity index (χ3n) is 4.50. The topological polar surface area (TPSA) is 109 Å². The van der Waals surface area contributed by atoms with Crippen LogP contribution in [0.5, 0.6) is 0 Å². The Bertz CT molecular complexity index is 936. The van der Waals surface area contributed by atoms with Crippen LogP contribution in [-0.2, 0) is 9.84 Å². The van der Waals surface area contributed by atoms with Crippen molar-refractivity contribution in [1.29, 1.82) is 0 Å². The molecule has 146 valence electrons.